The fraction of sp³-hybridized carbons (Fsp3) is 0.400. The maximum atomic E-state index is 11.5. The molecule has 2 aromatic heterocycles. The van der Waals surface area contributed by atoms with Gasteiger partial charge in [0, 0.05) is 11.4 Å². The summed E-state index contributed by atoms with van der Waals surface area (Å²) in [6.45, 7) is 7.65. The smallest absolute Gasteiger partial charge is 0.339 e. The quantitative estimate of drug-likeness (QED) is 0.930. The number of aromatic carboxylic acids is 1. The molecule has 0 saturated carbocycles. The van der Waals surface area contributed by atoms with Gasteiger partial charge in [0.05, 0.1) is 17.1 Å². The highest BCUT2D eigenvalue weighted by molar-refractivity contribution is 5.93. The molecule has 0 unspecified atom stereocenters. The van der Waals surface area contributed by atoms with Crippen molar-refractivity contribution < 1.29 is 9.90 Å². The van der Waals surface area contributed by atoms with Crippen LogP contribution < -0.4 is 0 Å². The number of hydrogen-bond acceptors (Lipinski definition) is 3. The minimum absolute atomic E-state index is 0.219. The van der Waals surface area contributed by atoms with Gasteiger partial charge in [-0.05, 0) is 38.8 Å². The van der Waals surface area contributed by atoms with Crippen LogP contribution in [0.5, 0.6) is 0 Å². The molecule has 0 fully saturated rings. The van der Waals surface area contributed by atoms with Crippen molar-refractivity contribution >= 4 is 5.97 Å². The maximum Gasteiger partial charge on any atom is 0.339 e. The highest BCUT2D eigenvalue weighted by Gasteiger charge is 2.19. The third-order valence-corrected chi connectivity index (χ3v) is 3.31. The standard InChI is InChI=1S/C15H19N3O2/c1-5-11-8-12(6-2)18(17-11)13-7-9(3)16-10(4)14(13)15(19)20/h7-8H,5-6H2,1-4H3,(H,19,20). The van der Waals surface area contributed by atoms with Crippen LogP contribution in [0.3, 0.4) is 0 Å². The lowest BCUT2D eigenvalue weighted by atomic mass is 10.1. The first-order valence-corrected chi connectivity index (χ1v) is 6.77. The topological polar surface area (TPSA) is 68.0 Å². The molecular formula is C15H19N3O2. The zero-order chi connectivity index (χ0) is 14.9. The summed E-state index contributed by atoms with van der Waals surface area (Å²) in [7, 11) is 0. The molecule has 0 aromatic carbocycles. The Hall–Kier alpha value is -2.17. The molecule has 0 saturated heterocycles. The van der Waals surface area contributed by atoms with Crippen LogP contribution >= 0.6 is 0 Å². The van der Waals surface area contributed by atoms with E-state index < -0.39 is 5.97 Å². The van der Waals surface area contributed by atoms with Gasteiger partial charge in [0.1, 0.15) is 5.56 Å². The van der Waals surface area contributed by atoms with E-state index in [4.69, 9.17) is 0 Å². The van der Waals surface area contributed by atoms with Crippen LogP contribution in [0.2, 0.25) is 0 Å². The summed E-state index contributed by atoms with van der Waals surface area (Å²) in [5.41, 5.74) is 4.09. The number of aromatic nitrogens is 3. The van der Waals surface area contributed by atoms with Gasteiger partial charge in [0.2, 0.25) is 0 Å². The number of aryl methyl sites for hydroxylation is 4. The lowest BCUT2D eigenvalue weighted by molar-refractivity contribution is 0.0695. The van der Waals surface area contributed by atoms with Crippen LogP contribution in [0.1, 0.15) is 47.0 Å². The largest absolute Gasteiger partial charge is 0.478 e. The number of carboxylic acids is 1. The van der Waals surface area contributed by atoms with Crippen molar-refractivity contribution in [3.8, 4) is 5.69 Å². The predicted octanol–water partition coefficient (Wildman–Crippen LogP) is 2.71. The molecule has 0 aliphatic carbocycles. The van der Waals surface area contributed by atoms with Crippen LogP contribution in [-0.4, -0.2) is 25.8 Å². The predicted molar refractivity (Wildman–Crippen MR) is 76.5 cm³/mol. The van der Waals surface area contributed by atoms with E-state index in [-0.39, 0.29) is 5.56 Å². The lowest BCUT2D eigenvalue weighted by Gasteiger charge is -2.12. The number of pyridine rings is 1. The van der Waals surface area contributed by atoms with Crippen molar-refractivity contribution in [3.63, 3.8) is 0 Å². The van der Waals surface area contributed by atoms with E-state index in [0.29, 0.717) is 11.4 Å². The number of nitrogens with zero attached hydrogens (tertiary/aromatic N) is 3. The first-order valence-electron chi connectivity index (χ1n) is 6.77. The molecule has 5 nitrogen and oxygen atoms in total. The lowest BCUT2D eigenvalue weighted by Crippen LogP contribution is -2.13. The molecule has 0 aliphatic heterocycles. The van der Waals surface area contributed by atoms with Gasteiger partial charge in [-0.15, -0.1) is 0 Å². The zero-order valence-electron chi connectivity index (χ0n) is 12.3. The molecule has 0 spiro atoms. The molecule has 2 aromatic rings. The van der Waals surface area contributed by atoms with Crippen LogP contribution in [0.4, 0.5) is 0 Å². The number of carbonyl (C=O) groups is 1. The van der Waals surface area contributed by atoms with Crippen molar-refractivity contribution in [2.45, 2.75) is 40.5 Å². The van der Waals surface area contributed by atoms with Gasteiger partial charge in [-0.25, -0.2) is 9.48 Å². The second kappa shape index (κ2) is 5.45. The Kier molecular flexibility index (Phi) is 3.88. The molecule has 0 radical (unpaired) electrons. The van der Waals surface area contributed by atoms with Crippen molar-refractivity contribution in [2.75, 3.05) is 0 Å². The first-order chi connectivity index (χ1) is 9.47. The van der Waals surface area contributed by atoms with E-state index in [9.17, 15) is 9.90 Å². The molecule has 2 rings (SSSR count). The molecule has 5 heteroatoms. The summed E-state index contributed by atoms with van der Waals surface area (Å²) < 4.78 is 1.74. The number of rotatable bonds is 4. The summed E-state index contributed by atoms with van der Waals surface area (Å²) >= 11 is 0. The maximum absolute atomic E-state index is 11.5. The molecule has 0 amide bonds. The second-order valence-corrected chi connectivity index (χ2v) is 4.79. The summed E-state index contributed by atoms with van der Waals surface area (Å²) in [6, 6.07) is 3.80. The van der Waals surface area contributed by atoms with Crippen molar-refractivity contribution in [1.29, 1.82) is 0 Å². The highest BCUT2D eigenvalue weighted by atomic mass is 16.4. The molecule has 106 valence electrons. The summed E-state index contributed by atoms with van der Waals surface area (Å²) in [4.78, 5) is 15.8. The van der Waals surface area contributed by atoms with Crippen LogP contribution in [0.15, 0.2) is 12.1 Å². The molecule has 2 heterocycles. The van der Waals surface area contributed by atoms with E-state index in [1.54, 1.807) is 17.7 Å². The minimum atomic E-state index is -0.972. The Morgan fingerprint density at radius 1 is 1.25 bits per heavy atom. The van der Waals surface area contributed by atoms with Crippen molar-refractivity contribution in [1.82, 2.24) is 14.8 Å². The minimum Gasteiger partial charge on any atom is -0.478 e. The SMILES string of the molecule is CCc1cc(CC)n(-c2cc(C)nc(C)c2C(=O)O)n1. The Labute approximate surface area is 118 Å². The molecule has 0 atom stereocenters. The Morgan fingerprint density at radius 2 is 1.95 bits per heavy atom. The van der Waals surface area contributed by atoms with Crippen LogP contribution in [0.25, 0.3) is 5.69 Å². The second-order valence-electron chi connectivity index (χ2n) is 4.79. The molecular weight excluding hydrogens is 254 g/mol. The third kappa shape index (κ3) is 2.43. The van der Waals surface area contributed by atoms with Gasteiger partial charge in [0.25, 0.3) is 0 Å². The fourth-order valence-electron chi connectivity index (χ4n) is 2.35. The van der Waals surface area contributed by atoms with Crippen LogP contribution in [-0.2, 0) is 12.8 Å². The summed E-state index contributed by atoms with van der Waals surface area (Å²) in [5, 5.41) is 14.0. The van der Waals surface area contributed by atoms with Gasteiger partial charge in [-0.3, -0.25) is 4.98 Å². The fourth-order valence-corrected chi connectivity index (χ4v) is 2.35. The monoisotopic (exact) mass is 273 g/mol. The average molecular weight is 273 g/mol. The Morgan fingerprint density at radius 3 is 2.50 bits per heavy atom. The summed E-state index contributed by atoms with van der Waals surface area (Å²) in [5.74, 6) is -0.972. The molecule has 0 aliphatic rings. The van der Waals surface area contributed by atoms with Crippen molar-refractivity contribution in [2.24, 2.45) is 0 Å². The first kappa shape index (κ1) is 14.2. The van der Waals surface area contributed by atoms with Gasteiger partial charge < -0.3 is 5.11 Å². The molecule has 1 N–H and O–H groups in total. The van der Waals surface area contributed by atoms with Gasteiger partial charge in [-0.1, -0.05) is 13.8 Å². The third-order valence-electron chi connectivity index (χ3n) is 3.31. The normalized spacial score (nSPS) is 10.8. The Balaban J connectivity index is 2.74. The van der Waals surface area contributed by atoms with E-state index in [0.717, 1.165) is 29.9 Å². The number of hydrogen-bond donors (Lipinski definition) is 1. The average Bonchev–Trinajstić information content (AvgIpc) is 2.80. The van der Waals surface area contributed by atoms with Crippen LogP contribution in [0, 0.1) is 13.8 Å². The van der Waals surface area contributed by atoms with Gasteiger partial charge in [0.15, 0.2) is 0 Å². The van der Waals surface area contributed by atoms with Gasteiger partial charge >= 0.3 is 5.97 Å². The summed E-state index contributed by atoms with van der Waals surface area (Å²) in [6.07, 6.45) is 1.62. The molecule has 20 heavy (non-hydrogen) atoms. The Bertz CT molecular complexity index is 659. The highest BCUT2D eigenvalue weighted by Crippen LogP contribution is 2.21. The van der Waals surface area contributed by atoms with E-state index in [2.05, 4.69) is 10.1 Å². The van der Waals surface area contributed by atoms with E-state index in [1.165, 1.54) is 0 Å². The van der Waals surface area contributed by atoms with Crippen molar-refractivity contribution in [3.05, 3.63) is 40.5 Å². The van der Waals surface area contributed by atoms with E-state index in [1.807, 2.05) is 26.8 Å². The van der Waals surface area contributed by atoms with Gasteiger partial charge in [-0.2, -0.15) is 5.10 Å². The van der Waals surface area contributed by atoms with E-state index >= 15 is 0 Å². The zero-order valence-corrected chi connectivity index (χ0v) is 12.3. The molecule has 0 bridgehead atoms. The number of carboxylic acid groups (broad SMARTS) is 1.